The molecule has 0 radical (unpaired) electrons. The van der Waals surface area contributed by atoms with E-state index in [2.05, 4.69) is 5.32 Å². The van der Waals surface area contributed by atoms with Crippen LogP contribution in [0.15, 0.2) is 47.1 Å². The van der Waals surface area contributed by atoms with E-state index in [4.69, 9.17) is 4.42 Å². The minimum atomic E-state index is -0.605. The number of amides is 1. The molecule has 0 spiro atoms. The third-order valence-corrected chi connectivity index (χ3v) is 3.70. The Morgan fingerprint density at radius 1 is 1.35 bits per heavy atom. The number of aliphatic hydroxyl groups is 1. The molecule has 1 heterocycles. The van der Waals surface area contributed by atoms with E-state index < -0.39 is 6.10 Å². The zero-order chi connectivity index (χ0) is 14.1. The second-order valence-corrected chi connectivity index (χ2v) is 5.22. The monoisotopic (exact) mass is 271 g/mol. The number of carbonyl (C=O) groups excluding carboxylic acids is 1. The molecule has 3 atom stereocenters. The SMILES string of the molecule is CC(O)c1ccccc1NC(=O)C1CC1c1ccco1. The maximum absolute atomic E-state index is 12.2. The molecule has 104 valence electrons. The summed E-state index contributed by atoms with van der Waals surface area (Å²) < 4.78 is 5.33. The van der Waals surface area contributed by atoms with Gasteiger partial charge in [-0.2, -0.15) is 0 Å². The molecule has 4 nitrogen and oxygen atoms in total. The molecular formula is C16H17NO3. The Kier molecular flexibility index (Phi) is 3.32. The molecule has 3 rings (SSSR count). The summed E-state index contributed by atoms with van der Waals surface area (Å²) in [4.78, 5) is 12.2. The first-order chi connectivity index (χ1) is 9.66. The van der Waals surface area contributed by atoms with Gasteiger partial charge in [0.1, 0.15) is 5.76 Å². The fourth-order valence-corrected chi connectivity index (χ4v) is 2.50. The highest BCUT2D eigenvalue weighted by atomic mass is 16.3. The molecule has 0 aliphatic heterocycles. The average molecular weight is 271 g/mol. The van der Waals surface area contributed by atoms with Crippen LogP contribution in [-0.4, -0.2) is 11.0 Å². The zero-order valence-electron chi connectivity index (χ0n) is 11.2. The fraction of sp³-hybridized carbons (Fsp3) is 0.312. The van der Waals surface area contributed by atoms with Gasteiger partial charge in [-0.15, -0.1) is 0 Å². The van der Waals surface area contributed by atoms with Crippen molar-refractivity contribution in [2.24, 2.45) is 5.92 Å². The highest BCUT2D eigenvalue weighted by Crippen LogP contribution is 2.48. The molecule has 2 N–H and O–H groups in total. The van der Waals surface area contributed by atoms with Crippen LogP contribution in [0.4, 0.5) is 5.69 Å². The van der Waals surface area contributed by atoms with Crippen molar-refractivity contribution in [3.8, 4) is 0 Å². The third-order valence-electron chi connectivity index (χ3n) is 3.70. The zero-order valence-corrected chi connectivity index (χ0v) is 11.2. The molecule has 1 aliphatic rings. The van der Waals surface area contributed by atoms with Gasteiger partial charge in [-0.3, -0.25) is 4.79 Å². The van der Waals surface area contributed by atoms with Gasteiger partial charge in [-0.1, -0.05) is 18.2 Å². The van der Waals surface area contributed by atoms with Crippen molar-refractivity contribution in [1.29, 1.82) is 0 Å². The number of hydrogen-bond acceptors (Lipinski definition) is 3. The van der Waals surface area contributed by atoms with Crippen molar-refractivity contribution in [2.45, 2.75) is 25.4 Å². The lowest BCUT2D eigenvalue weighted by molar-refractivity contribution is -0.117. The summed E-state index contributed by atoms with van der Waals surface area (Å²) in [5, 5.41) is 12.6. The summed E-state index contributed by atoms with van der Waals surface area (Å²) in [6, 6.07) is 11.1. The largest absolute Gasteiger partial charge is 0.469 e. The summed E-state index contributed by atoms with van der Waals surface area (Å²) in [5.41, 5.74) is 1.41. The average Bonchev–Trinajstić information content (AvgIpc) is 3.05. The molecule has 1 aliphatic carbocycles. The van der Waals surface area contributed by atoms with E-state index in [1.165, 1.54) is 0 Å². The Bertz CT molecular complexity index is 604. The van der Waals surface area contributed by atoms with Crippen LogP contribution in [0, 0.1) is 5.92 Å². The van der Waals surface area contributed by atoms with Crippen LogP contribution in [0.5, 0.6) is 0 Å². The van der Waals surface area contributed by atoms with Crippen LogP contribution in [0.3, 0.4) is 0 Å². The molecule has 1 aromatic heterocycles. The van der Waals surface area contributed by atoms with E-state index in [1.54, 1.807) is 13.2 Å². The molecular weight excluding hydrogens is 254 g/mol. The van der Waals surface area contributed by atoms with Crippen LogP contribution in [0.1, 0.15) is 36.7 Å². The van der Waals surface area contributed by atoms with Gasteiger partial charge in [0.25, 0.3) is 0 Å². The van der Waals surface area contributed by atoms with Crippen LogP contribution in [0.2, 0.25) is 0 Å². The Morgan fingerprint density at radius 3 is 2.85 bits per heavy atom. The number of hydrogen-bond donors (Lipinski definition) is 2. The molecule has 4 heteroatoms. The van der Waals surface area contributed by atoms with E-state index in [0.717, 1.165) is 17.7 Å². The molecule has 1 fully saturated rings. The lowest BCUT2D eigenvalue weighted by Gasteiger charge is -2.12. The van der Waals surface area contributed by atoms with Crippen molar-refractivity contribution >= 4 is 11.6 Å². The lowest BCUT2D eigenvalue weighted by atomic mass is 10.1. The first-order valence-corrected chi connectivity index (χ1v) is 6.78. The van der Waals surface area contributed by atoms with E-state index in [9.17, 15) is 9.90 Å². The molecule has 1 amide bonds. The molecule has 1 aromatic carbocycles. The van der Waals surface area contributed by atoms with Gasteiger partial charge < -0.3 is 14.8 Å². The van der Waals surface area contributed by atoms with Crippen molar-refractivity contribution in [2.75, 3.05) is 5.32 Å². The predicted molar refractivity (Wildman–Crippen MR) is 75.3 cm³/mol. The van der Waals surface area contributed by atoms with Gasteiger partial charge in [-0.25, -0.2) is 0 Å². The number of furan rings is 1. The minimum Gasteiger partial charge on any atom is -0.469 e. The van der Waals surface area contributed by atoms with Gasteiger partial charge >= 0.3 is 0 Å². The smallest absolute Gasteiger partial charge is 0.228 e. The molecule has 20 heavy (non-hydrogen) atoms. The fourth-order valence-electron chi connectivity index (χ4n) is 2.50. The van der Waals surface area contributed by atoms with Gasteiger partial charge in [0.05, 0.1) is 12.4 Å². The highest BCUT2D eigenvalue weighted by molar-refractivity contribution is 5.95. The Labute approximate surface area is 117 Å². The summed E-state index contributed by atoms with van der Waals surface area (Å²) in [6.07, 6.45) is 1.84. The number of anilines is 1. The Hall–Kier alpha value is -2.07. The van der Waals surface area contributed by atoms with Crippen molar-refractivity contribution in [1.82, 2.24) is 0 Å². The number of para-hydroxylation sites is 1. The van der Waals surface area contributed by atoms with E-state index in [0.29, 0.717) is 5.69 Å². The first-order valence-electron chi connectivity index (χ1n) is 6.78. The minimum absolute atomic E-state index is 0.0144. The maximum atomic E-state index is 12.2. The highest BCUT2D eigenvalue weighted by Gasteiger charge is 2.45. The van der Waals surface area contributed by atoms with Crippen molar-refractivity contribution < 1.29 is 14.3 Å². The third kappa shape index (κ3) is 2.47. The second kappa shape index (κ2) is 5.13. The van der Waals surface area contributed by atoms with Gasteiger partial charge in [0, 0.05) is 23.1 Å². The number of carbonyl (C=O) groups is 1. The predicted octanol–water partition coefficient (Wildman–Crippen LogP) is 3.08. The topological polar surface area (TPSA) is 62.5 Å². The van der Waals surface area contributed by atoms with Crippen molar-refractivity contribution in [3.05, 3.63) is 54.0 Å². The standard InChI is InChI=1S/C16H17NO3/c1-10(18)11-5-2-3-6-14(11)17-16(19)13-9-12(13)15-7-4-8-20-15/h2-8,10,12-13,18H,9H2,1H3,(H,17,19). The Morgan fingerprint density at radius 2 is 2.15 bits per heavy atom. The van der Waals surface area contributed by atoms with E-state index in [-0.39, 0.29) is 17.7 Å². The van der Waals surface area contributed by atoms with Crippen molar-refractivity contribution in [3.63, 3.8) is 0 Å². The second-order valence-electron chi connectivity index (χ2n) is 5.22. The number of aliphatic hydroxyl groups excluding tert-OH is 1. The molecule has 0 saturated heterocycles. The molecule has 3 unspecified atom stereocenters. The number of rotatable bonds is 4. The normalized spacial score (nSPS) is 22.3. The van der Waals surface area contributed by atoms with Gasteiger partial charge in [0.2, 0.25) is 5.91 Å². The summed E-state index contributed by atoms with van der Waals surface area (Å²) in [7, 11) is 0. The van der Waals surface area contributed by atoms with Crippen LogP contribution < -0.4 is 5.32 Å². The molecule has 1 saturated carbocycles. The summed E-state index contributed by atoms with van der Waals surface area (Å²) in [6.45, 7) is 1.69. The van der Waals surface area contributed by atoms with Crippen LogP contribution >= 0.6 is 0 Å². The molecule has 0 bridgehead atoms. The van der Waals surface area contributed by atoms with Gasteiger partial charge in [-0.05, 0) is 31.5 Å². The molecule has 2 aromatic rings. The Balaban J connectivity index is 1.69. The quantitative estimate of drug-likeness (QED) is 0.898. The van der Waals surface area contributed by atoms with Crippen LogP contribution in [0.25, 0.3) is 0 Å². The first kappa shape index (κ1) is 12.9. The maximum Gasteiger partial charge on any atom is 0.228 e. The van der Waals surface area contributed by atoms with Gasteiger partial charge in [0.15, 0.2) is 0 Å². The number of nitrogens with one attached hydrogen (secondary N) is 1. The lowest BCUT2D eigenvalue weighted by Crippen LogP contribution is -2.16. The van der Waals surface area contributed by atoms with Crippen LogP contribution in [-0.2, 0) is 4.79 Å². The summed E-state index contributed by atoms with van der Waals surface area (Å²) in [5.74, 6) is 1.00. The van der Waals surface area contributed by atoms with E-state index >= 15 is 0 Å². The van der Waals surface area contributed by atoms with E-state index in [1.807, 2.05) is 36.4 Å². The summed E-state index contributed by atoms with van der Waals surface area (Å²) >= 11 is 0. The number of benzene rings is 1.